The molecule has 47 heavy (non-hydrogen) atoms. The van der Waals surface area contributed by atoms with Crippen molar-refractivity contribution < 1.29 is 27.5 Å². The number of alkyl halides is 3. The number of ether oxygens (including phenoxy) is 1. The van der Waals surface area contributed by atoms with Gasteiger partial charge >= 0.3 is 6.36 Å². The number of carbonyl (C=O) groups is 2. The number of rotatable bonds is 12. The first-order valence-corrected chi connectivity index (χ1v) is 15.9. The van der Waals surface area contributed by atoms with E-state index < -0.39 is 12.3 Å². The molecule has 9 heteroatoms. The molecule has 2 aliphatic rings. The van der Waals surface area contributed by atoms with Gasteiger partial charge in [0.05, 0.1) is 6.54 Å². The standard InChI is InChI=1S/C38H36F3N3O3/c39-38(40,41)47-32-15-9-12-30(24-32)28-17-19-29(20-18-28)34-25-35(34)42-21-8-7-16-33-36(45)43(26-27-10-3-1-4-11-27)22-23-44(37(33)46)31-13-5-2-6-14-31/h1-6,9-15,17-20,22-24,33-35,42H,7-8,16,21,25-26H2/t33?,34-,35+/m0/s1. The first-order chi connectivity index (χ1) is 22.7. The lowest BCUT2D eigenvalue weighted by atomic mass is 9.98. The van der Waals surface area contributed by atoms with Gasteiger partial charge in [-0.05, 0) is 72.3 Å². The van der Waals surface area contributed by atoms with Crippen LogP contribution in [0.5, 0.6) is 5.75 Å². The quantitative estimate of drug-likeness (QED) is 0.126. The van der Waals surface area contributed by atoms with E-state index in [4.69, 9.17) is 0 Å². The van der Waals surface area contributed by atoms with Crippen molar-refractivity contribution in [3.63, 3.8) is 0 Å². The molecule has 4 aromatic carbocycles. The van der Waals surface area contributed by atoms with Gasteiger partial charge in [-0.3, -0.25) is 14.5 Å². The summed E-state index contributed by atoms with van der Waals surface area (Å²) in [4.78, 5) is 30.6. The summed E-state index contributed by atoms with van der Waals surface area (Å²) in [5, 5.41) is 3.60. The third kappa shape index (κ3) is 8.29. The predicted molar refractivity (Wildman–Crippen MR) is 175 cm³/mol. The molecule has 1 fully saturated rings. The monoisotopic (exact) mass is 639 g/mol. The lowest BCUT2D eigenvalue weighted by Crippen LogP contribution is -2.39. The molecular formula is C38H36F3N3O3. The maximum Gasteiger partial charge on any atom is 0.573 e. The zero-order valence-corrected chi connectivity index (χ0v) is 25.8. The van der Waals surface area contributed by atoms with Crippen molar-refractivity contribution in [2.24, 2.45) is 5.92 Å². The zero-order valence-electron chi connectivity index (χ0n) is 25.8. The number of hydrogen-bond donors (Lipinski definition) is 1. The predicted octanol–water partition coefficient (Wildman–Crippen LogP) is 8.03. The Balaban J connectivity index is 1.01. The van der Waals surface area contributed by atoms with E-state index in [0.717, 1.165) is 42.6 Å². The summed E-state index contributed by atoms with van der Waals surface area (Å²) >= 11 is 0. The van der Waals surface area contributed by atoms with Gasteiger partial charge in [0.15, 0.2) is 0 Å². The molecule has 6 nitrogen and oxygen atoms in total. The number of anilines is 1. The van der Waals surface area contributed by atoms with Gasteiger partial charge in [-0.2, -0.15) is 0 Å². The fourth-order valence-corrected chi connectivity index (χ4v) is 6.07. The highest BCUT2D eigenvalue weighted by molar-refractivity contribution is 6.09. The summed E-state index contributed by atoms with van der Waals surface area (Å²) in [6.07, 6.45) is 1.68. The molecule has 0 bridgehead atoms. The molecule has 2 amide bonds. The molecular weight excluding hydrogens is 603 g/mol. The van der Waals surface area contributed by atoms with Crippen LogP contribution in [0.1, 0.15) is 42.7 Å². The fourth-order valence-electron chi connectivity index (χ4n) is 6.07. The third-order valence-corrected chi connectivity index (χ3v) is 8.60. The van der Waals surface area contributed by atoms with Gasteiger partial charge in [-0.15, -0.1) is 13.2 Å². The highest BCUT2D eigenvalue weighted by Gasteiger charge is 2.38. The average Bonchev–Trinajstić information content (AvgIpc) is 3.86. The van der Waals surface area contributed by atoms with Crippen molar-refractivity contribution in [1.82, 2.24) is 10.2 Å². The van der Waals surface area contributed by atoms with Crippen molar-refractivity contribution >= 4 is 17.5 Å². The SMILES string of the molecule is O=C1C(CCCCN[C@@H]2C[C@H]2c2ccc(-c3cccc(OC(F)(F)F)c3)cc2)C(=O)N(c2ccccc2)C=CN1Cc1ccccc1. The normalized spacial score (nSPS) is 19.5. The van der Waals surface area contributed by atoms with Crippen molar-refractivity contribution in [3.8, 4) is 16.9 Å². The van der Waals surface area contributed by atoms with E-state index in [1.807, 2.05) is 84.9 Å². The van der Waals surface area contributed by atoms with E-state index >= 15 is 0 Å². The Hall–Kier alpha value is -4.89. The van der Waals surface area contributed by atoms with Crippen molar-refractivity contribution in [1.29, 1.82) is 0 Å². The highest BCUT2D eigenvalue weighted by atomic mass is 19.4. The van der Waals surface area contributed by atoms with Crippen LogP contribution < -0.4 is 15.0 Å². The molecule has 0 aromatic heterocycles. The van der Waals surface area contributed by atoms with Crippen LogP contribution in [0.15, 0.2) is 122 Å². The maximum absolute atomic E-state index is 13.7. The van der Waals surface area contributed by atoms with Crippen molar-refractivity contribution in [3.05, 3.63) is 133 Å². The minimum absolute atomic E-state index is 0.188. The van der Waals surface area contributed by atoms with Crippen LogP contribution in [-0.4, -0.2) is 35.7 Å². The summed E-state index contributed by atoms with van der Waals surface area (Å²) < 4.78 is 41.9. The third-order valence-electron chi connectivity index (χ3n) is 8.60. The van der Waals surface area contributed by atoms with Crippen LogP contribution in [-0.2, 0) is 16.1 Å². The first-order valence-electron chi connectivity index (χ1n) is 15.9. The van der Waals surface area contributed by atoms with E-state index in [2.05, 4.69) is 10.1 Å². The largest absolute Gasteiger partial charge is 0.573 e. The van der Waals surface area contributed by atoms with Crippen LogP contribution in [0, 0.1) is 5.92 Å². The number of benzene rings is 4. The molecule has 1 aliphatic carbocycles. The molecule has 0 saturated heterocycles. The Kier molecular flexibility index (Phi) is 9.73. The van der Waals surface area contributed by atoms with Gasteiger partial charge in [0, 0.05) is 30.0 Å². The molecule has 0 radical (unpaired) electrons. The molecule has 1 heterocycles. The van der Waals surface area contributed by atoms with Crippen LogP contribution >= 0.6 is 0 Å². The lowest BCUT2D eigenvalue weighted by molar-refractivity contribution is -0.274. The summed E-state index contributed by atoms with van der Waals surface area (Å²) in [6, 6.07) is 33.3. The minimum atomic E-state index is -4.73. The summed E-state index contributed by atoms with van der Waals surface area (Å²) in [6.45, 7) is 1.17. The Morgan fingerprint density at radius 1 is 0.766 bits per heavy atom. The Labute approximate surface area is 272 Å². The van der Waals surface area contributed by atoms with Gasteiger partial charge in [0.1, 0.15) is 11.7 Å². The number of para-hydroxylation sites is 1. The number of nitrogens with zero attached hydrogens (tertiary/aromatic N) is 2. The Morgan fingerprint density at radius 3 is 2.21 bits per heavy atom. The van der Waals surface area contributed by atoms with Crippen LogP contribution in [0.4, 0.5) is 18.9 Å². The van der Waals surface area contributed by atoms with E-state index in [9.17, 15) is 22.8 Å². The molecule has 4 aromatic rings. The second kappa shape index (κ2) is 14.3. The number of hydrogen-bond acceptors (Lipinski definition) is 4. The van der Waals surface area contributed by atoms with Crippen molar-refractivity contribution in [2.45, 2.75) is 50.6 Å². The van der Waals surface area contributed by atoms with Crippen LogP contribution in [0.3, 0.4) is 0 Å². The van der Waals surface area contributed by atoms with E-state index in [-0.39, 0.29) is 17.6 Å². The number of halogens is 3. The molecule has 3 atom stereocenters. The number of nitrogens with one attached hydrogen (secondary N) is 1. The van der Waals surface area contributed by atoms with Crippen LogP contribution in [0.25, 0.3) is 11.1 Å². The lowest BCUT2D eigenvalue weighted by Gasteiger charge is -2.23. The topological polar surface area (TPSA) is 61.9 Å². The van der Waals surface area contributed by atoms with E-state index in [1.165, 1.54) is 17.7 Å². The van der Waals surface area contributed by atoms with Crippen LogP contribution in [0.2, 0.25) is 0 Å². The molecule has 242 valence electrons. The number of unbranched alkanes of at least 4 members (excludes halogenated alkanes) is 1. The van der Waals surface area contributed by atoms with Gasteiger partial charge < -0.3 is 15.0 Å². The highest BCUT2D eigenvalue weighted by Crippen LogP contribution is 2.41. The van der Waals surface area contributed by atoms with Gasteiger partial charge in [-0.1, -0.05) is 91.3 Å². The van der Waals surface area contributed by atoms with Gasteiger partial charge in [0.25, 0.3) is 0 Å². The minimum Gasteiger partial charge on any atom is -0.406 e. The second-order valence-corrected chi connectivity index (χ2v) is 11.9. The summed E-state index contributed by atoms with van der Waals surface area (Å²) in [5.41, 5.74) is 4.37. The molecule has 6 rings (SSSR count). The Bertz CT molecular complexity index is 1690. The smallest absolute Gasteiger partial charge is 0.406 e. The summed E-state index contributed by atoms with van der Waals surface area (Å²) in [7, 11) is 0. The average molecular weight is 640 g/mol. The van der Waals surface area contributed by atoms with Gasteiger partial charge in [-0.25, -0.2) is 0 Å². The molecule has 1 aliphatic heterocycles. The second-order valence-electron chi connectivity index (χ2n) is 11.9. The molecule has 0 spiro atoms. The molecule has 1 saturated carbocycles. The van der Waals surface area contributed by atoms with Gasteiger partial charge in [0.2, 0.25) is 11.8 Å². The zero-order chi connectivity index (χ0) is 32.8. The maximum atomic E-state index is 13.7. The van der Waals surface area contributed by atoms with E-state index in [1.54, 1.807) is 34.3 Å². The molecule has 1 N–H and O–H groups in total. The number of carbonyl (C=O) groups excluding carboxylic acids is 2. The fraction of sp³-hybridized carbons (Fsp3) is 0.263. The first kappa shape index (κ1) is 32.1. The number of amides is 2. The van der Waals surface area contributed by atoms with E-state index in [0.29, 0.717) is 30.5 Å². The summed E-state index contributed by atoms with van der Waals surface area (Å²) in [5.74, 6) is -1.06. The molecule has 1 unspecified atom stereocenters. The van der Waals surface area contributed by atoms with Crippen molar-refractivity contribution in [2.75, 3.05) is 11.4 Å². The Morgan fingerprint density at radius 2 is 1.49 bits per heavy atom.